The topological polar surface area (TPSA) is 105 Å². The fourth-order valence-electron chi connectivity index (χ4n) is 1.73. The molecule has 2 aromatic heterocycles. The predicted molar refractivity (Wildman–Crippen MR) is 78.3 cm³/mol. The van der Waals surface area contributed by atoms with Gasteiger partial charge < -0.3 is 14.4 Å². The van der Waals surface area contributed by atoms with E-state index in [0.717, 1.165) is 0 Å². The summed E-state index contributed by atoms with van der Waals surface area (Å²) in [6.45, 7) is 0.518. The van der Waals surface area contributed by atoms with Gasteiger partial charge in [-0.15, -0.1) is 0 Å². The van der Waals surface area contributed by atoms with Crippen LogP contribution in [0.2, 0.25) is 0 Å². The largest absolute Gasteiger partial charge is 0.394 e. The summed E-state index contributed by atoms with van der Waals surface area (Å²) >= 11 is 1.89. The highest BCUT2D eigenvalue weighted by Gasteiger charge is 2.12. The Hall–Kier alpha value is -1.20. The quantitative estimate of drug-likeness (QED) is 0.492. The second-order valence-electron chi connectivity index (χ2n) is 3.95. The van der Waals surface area contributed by atoms with Gasteiger partial charge in [0.05, 0.1) is 41.9 Å². The van der Waals surface area contributed by atoms with Crippen LogP contribution in [0.5, 0.6) is 0 Å². The van der Waals surface area contributed by atoms with Crippen LogP contribution in [0.1, 0.15) is 6.42 Å². The average molecular weight is 379 g/mol. The van der Waals surface area contributed by atoms with E-state index in [1.807, 2.05) is 22.9 Å². The standard InChI is InChI=1S/C10H14IN5O3/c1-19-6(4-17)2-3-16-5-12-7-8(16)13-10(15-11)14-9(7)18/h5-6,17H,2-4H2,1H3,(H2,13,14,15,18). The van der Waals surface area contributed by atoms with Crippen LogP contribution in [-0.2, 0) is 11.3 Å². The van der Waals surface area contributed by atoms with Crippen molar-refractivity contribution in [3.8, 4) is 0 Å². The van der Waals surface area contributed by atoms with Crippen LogP contribution in [0.15, 0.2) is 11.1 Å². The van der Waals surface area contributed by atoms with E-state index in [-0.39, 0.29) is 18.3 Å². The van der Waals surface area contributed by atoms with E-state index < -0.39 is 0 Å². The van der Waals surface area contributed by atoms with E-state index in [1.165, 1.54) is 0 Å². The summed E-state index contributed by atoms with van der Waals surface area (Å²) in [5.41, 5.74) is 0.525. The number of fused-ring (bicyclic) bond motifs is 1. The van der Waals surface area contributed by atoms with Crippen molar-refractivity contribution in [1.29, 1.82) is 0 Å². The molecule has 0 fully saturated rings. The molecule has 0 aliphatic carbocycles. The number of hydrogen-bond acceptors (Lipinski definition) is 6. The Kier molecular flexibility index (Phi) is 4.71. The van der Waals surface area contributed by atoms with E-state index in [2.05, 4.69) is 18.5 Å². The summed E-state index contributed by atoms with van der Waals surface area (Å²) in [6, 6.07) is 0. The molecule has 1 atom stereocenters. The third-order valence-corrected chi connectivity index (χ3v) is 3.30. The third-order valence-electron chi connectivity index (χ3n) is 2.79. The average Bonchev–Trinajstić information content (AvgIpc) is 2.83. The summed E-state index contributed by atoms with van der Waals surface area (Å²) in [4.78, 5) is 22.6. The van der Waals surface area contributed by atoms with Crippen molar-refractivity contribution in [3.63, 3.8) is 0 Å². The van der Waals surface area contributed by atoms with Gasteiger partial charge in [0.2, 0.25) is 5.95 Å². The molecule has 0 bridgehead atoms. The van der Waals surface area contributed by atoms with Gasteiger partial charge in [0, 0.05) is 13.7 Å². The molecule has 2 rings (SSSR count). The molecule has 2 aromatic rings. The van der Waals surface area contributed by atoms with E-state index in [9.17, 15) is 4.79 Å². The Morgan fingerprint density at radius 1 is 1.68 bits per heavy atom. The highest BCUT2D eigenvalue weighted by atomic mass is 127. The van der Waals surface area contributed by atoms with Gasteiger partial charge in [-0.1, -0.05) is 0 Å². The van der Waals surface area contributed by atoms with Gasteiger partial charge in [-0.25, -0.2) is 4.98 Å². The Morgan fingerprint density at radius 2 is 2.47 bits per heavy atom. The highest BCUT2D eigenvalue weighted by molar-refractivity contribution is 14.1. The molecular weight excluding hydrogens is 365 g/mol. The summed E-state index contributed by atoms with van der Waals surface area (Å²) in [7, 11) is 1.55. The zero-order valence-electron chi connectivity index (χ0n) is 10.3. The SMILES string of the molecule is COC(CO)CCn1cnc2c(=O)[nH]c(NI)nc21. The molecular formula is C10H14IN5O3. The number of nitrogens with one attached hydrogen (secondary N) is 2. The van der Waals surface area contributed by atoms with Crippen LogP contribution < -0.4 is 9.09 Å². The molecule has 8 nitrogen and oxygen atoms in total. The van der Waals surface area contributed by atoms with E-state index in [4.69, 9.17) is 9.84 Å². The summed E-state index contributed by atoms with van der Waals surface area (Å²) in [5.74, 6) is 0.380. The highest BCUT2D eigenvalue weighted by Crippen LogP contribution is 2.10. The number of halogens is 1. The number of nitrogens with zero attached hydrogens (tertiary/aromatic N) is 3. The first-order valence-corrected chi connectivity index (χ1v) is 6.73. The molecule has 1 unspecified atom stereocenters. The van der Waals surface area contributed by atoms with Crippen molar-refractivity contribution >= 4 is 40.0 Å². The maximum absolute atomic E-state index is 11.7. The zero-order chi connectivity index (χ0) is 13.8. The summed E-state index contributed by atoms with van der Waals surface area (Å²) < 4.78 is 9.62. The Morgan fingerprint density at radius 3 is 3.11 bits per heavy atom. The molecule has 104 valence electrons. The van der Waals surface area contributed by atoms with Crippen molar-refractivity contribution in [2.75, 3.05) is 17.2 Å². The Labute approximate surface area is 122 Å². The van der Waals surface area contributed by atoms with Crippen molar-refractivity contribution in [2.24, 2.45) is 0 Å². The predicted octanol–water partition coefficient (Wildman–Crippen LogP) is 0.279. The van der Waals surface area contributed by atoms with Crippen LogP contribution in [0.3, 0.4) is 0 Å². The lowest BCUT2D eigenvalue weighted by Gasteiger charge is -2.12. The van der Waals surface area contributed by atoms with Gasteiger partial charge in [-0.3, -0.25) is 13.3 Å². The first-order valence-electron chi connectivity index (χ1n) is 5.65. The van der Waals surface area contributed by atoms with Gasteiger partial charge in [0.1, 0.15) is 0 Å². The summed E-state index contributed by atoms with van der Waals surface area (Å²) in [5, 5.41) is 9.06. The van der Waals surface area contributed by atoms with Gasteiger partial charge >= 0.3 is 0 Å². The number of aromatic nitrogens is 4. The smallest absolute Gasteiger partial charge is 0.280 e. The van der Waals surface area contributed by atoms with Crippen LogP contribution in [0.25, 0.3) is 11.2 Å². The molecule has 0 spiro atoms. The molecule has 0 aliphatic rings. The number of rotatable bonds is 6. The molecule has 3 N–H and O–H groups in total. The number of aryl methyl sites for hydroxylation is 1. The number of anilines is 1. The first-order chi connectivity index (χ1) is 9.19. The number of hydrogen-bond donors (Lipinski definition) is 3. The molecule has 0 aliphatic heterocycles. The minimum Gasteiger partial charge on any atom is -0.394 e. The van der Waals surface area contributed by atoms with E-state index >= 15 is 0 Å². The molecule has 0 radical (unpaired) electrons. The zero-order valence-corrected chi connectivity index (χ0v) is 12.4. The number of aliphatic hydroxyl groups is 1. The lowest BCUT2D eigenvalue weighted by molar-refractivity contribution is 0.0405. The molecule has 0 amide bonds. The van der Waals surface area contributed by atoms with E-state index in [1.54, 1.807) is 18.0 Å². The normalized spacial score (nSPS) is 12.8. The molecule has 19 heavy (non-hydrogen) atoms. The van der Waals surface area contributed by atoms with Crippen LogP contribution >= 0.6 is 22.9 Å². The molecule has 0 saturated carbocycles. The number of imidazole rings is 1. The van der Waals surface area contributed by atoms with Crippen LogP contribution in [0, 0.1) is 0 Å². The van der Waals surface area contributed by atoms with Crippen molar-refractivity contribution < 1.29 is 9.84 Å². The number of methoxy groups -OCH3 is 1. The van der Waals surface area contributed by atoms with Crippen LogP contribution in [0.4, 0.5) is 5.95 Å². The minimum atomic E-state index is -0.284. The second-order valence-corrected chi connectivity index (χ2v) is 4.49. The Bertz CT molecular complexity index is 607. The second kappa shape index (κ2) is 6.30. The maximum Gasteiger partial charge on any atom is 0.280 e. The molecule has 0 saturated heterocycles. The van der Waals surface area contributed by atoms with Crippen molar-refractivity contribution in [3.05, 3.63) is 16.7 Å². The third kappa shape index (κ3) is 3.04. The molecule has 9 heteroatoms. The minimum absolute atomic E-state index is 0.0440. The van der Waals surface area contributed by atoms with E-state index in [0.29, 0.717) is 30.1 Å². The lowest BCUT2D eigenvalue weighted by atomic mass is 10.2. The summed E-state index contributed by atoms with van der Waals surface area (Å²) in [6.07, 6.45) is 1.94. The van der Waals surface area contributed by atoms with Crippen LogP contribution in [-0.4, -0.2) is 44.4 Å². The molecule has 2 heterocycles. The number of aliphatic hydroxyl groups excluding tert-OH is 1. The maximum atomic E-state index is 11.7. The van der Waals surface area contributed by atoms with Gasteiger partial charge in [0.25, 0.3) is 5.56 Å². The van der Waals surface area contributed by atoms with Gasteiger partial charge in [-0.05, 0) is 6.42 Å². The van der Waals surface area contributed by atoms with Gasteiger partial charge in [-0.2, -0.15) is 4.98 Å². The number of H-pyrrole nitrogens is 1. The van der Waals surface area contributed by atoms with Crippen molar-refractivity contribution in [1.82, 2.24) is 19.5 Å². The molecule has 0 aromatic carbocycles. The Balaban J connectivity index is 2.29. The monoisotopic (exact) mass is 379 g/mol. The fraction of sp³-hybridized carbons (Fsp3) is 0.500. The first kappa shape index (κ1) is 14.2. The number of ether oxygens (including phenoxy) is 1. The van der Waals surface area contributed by atoms with Gasteiger partial charge in [0.15, 0.2) is 11.2 Å². The van der Waals surface area contributed by atoms with Crippen molar-refractivity contribution in [2.45, 2.75) is 19.1 Å². The lowest BCUT2D eigenvalue weighted by Crippen LogP contribution is -2.18. The number of aromatic amines is 1. The fourth-order valence-corrected chi connectivity index (χ4v) is 1.98.